The Balaban J connectivity index is 2.52. The van der Waals surface area contributed by atoms with Crippen LogP contribution in [-0.2, 0) is 0 Å². The second-order valence-electron chi connectivity index (χ2n) is 5.37. The van der Waals surface area contributed by atoms with Gasteiger partial charge in [-0.15, -0.1) is 11.8 Å². The molecule has 0 saturated heterocycles. The lowest BCUT2D eigenvalue weighted by molar-refractivity contribution is 0.341. The van der Waals surface area contributed by atoms with Crippen LogP contribution in [0.5, 0.6) is 0 Å². The fourth-order valence-electron chi connectivity index (χ4n) is 2.21. The molecule has 1 N–H and O–H groups in total. The highest BCUT2D eigenvalue weighted by Gasteiger charge is 2.27. The summed E-state index contributed by atoms with van der Waals surface area (Å²) in [7, 11) is 0. The van der Waals surface area contributed by atoms with Crippen molar-refractivity contribution in [2.75, 3.05) is 5.75 Å². The number of rotatable bonds is 8. The van der Waals surface area contributed by atoms with Crippen LogP contribution >= 0.6 is 35.0 Å². The average Bonchev–Trinajstić information content (AvgIpc) is 2.45. The Morgan fingerprint density at radius 1 is 1.38 bits per heavy atom. The second kappa shape index (κ2) is 8.90. The van der Waals surface area contributed by atoms with E-state index >= 15 is 0 Å². The fraction of sp³-hybridized carbons (Fsp3) is 0.562. The summed E-state index contributed by atoms with van der Waals surface area (Å²) in [5, 5.41) is 14.3. The molecule has 0 fully saturated rings. The average molecular weight is 345 g/mol. The zero-order chi connectivity index (χ0) is 15.9. The zero-order valence-electron chi connectivity index (χ0n) is 12.7. The minimum Gasteiger partial charge on any atom is -0.297 e. The largest absolute Gasteiger partial charge is 0.297 e. The highest BCUT2D eigenvalue weighted by atomic mass is 35.5. The summed E-state index contributed by atoms with van der Waals surface area (Å²) in [6.07, 6.45) is 2.60. The van der Waals surface area contributed by atoms with E-state index in [0.29, 0.717) is 11.1 Å². The number of benzene rings is 1. The van der Waals surface area contributed by atoms with Gasteiger partial charge in [0.1, 0.15) is 5.54 Å². The lowest BCUT2D eigenvalue weighted by Crippen LogP contribution is -2.47. The summed E-state index contributed by atoms with van der Waals surface area (Å²) in [5.41, 5.74) is -0.424. The van der Waals surface area contributed by atoms with E-state index < -0.39 is 5.54 Å². The predicted molar refractivity (Wildman–Crippen MR) is 93.3 cm³/mol. The van der Waals surface area contributed by atoms with Crippen molar-refractivity contribution in [1.29, 1.82) is 5.26 Å². The molecule has 1 aromatic carbocycles. The summed E-state index contributed by atoms with van der Waals surface area (Å²) < 4.78 is 0. The number of nitrogens with one attached hydrogen (secondary N) is 1. The van der Waals surface area contributed by atoms with Gasteiger partial charge in [-0.1, -0.05) is 30.1 Å². The van der Waals surface area contributed by atoms with Crippen molar-refractivity contribution >= 4 is 35.0 Å². The van der Waals surface area contributed by atoms with Crippen LogP contribution in [0.25, 0.3) is 0 Å². The summed E-state index contributed by atoms with van der Waals surface area (Å²) in [6.45, 7) is 6.20. The second-order valence-corrected chi connectivity index (χ2v) is 7.35. The molecule has 0 saturated carbocycles. The Labute approximate surface area is 142 Å². The van der Waals surface area contributed by atoms with E-state index in [1.807, 2.05) is 12.1 Å². The van der Waals surface area contributed by atoms with Gasteiger partial charge in [-0.25, -0.2) is 0 Å². The van der Waals surface area contributed by atoms with Gasteiger partial charge >= 0.3 is 0 Å². The smallest absolute Gasteiger partial charge is 0.106 e. The molecule has 2 nitrogen and oxygen atoms in total. The molecule has 0 bridgehead atoms. The van der Waals surface area contributed by atoms with E-state index in [1.54, 1.807) is 17.8 Å². The van der Waals surface area contributed by atoms with Crippen LogP contribution in [0.2, 0.25) is 10.0 Å². The molecule has 1 atom stereocenters. The lowest BCUT2D eigenvalue weighted by Gasteiger charge is -2.29. The third-order valence-corrected chi connectivity index (χ3v) is 5.10. The fourth-order valence-corrected chi connectivity index (χ4v) is 3.66. The van der Waals surface area contributed by atoms with Crippen LogP contribution in [-0.4, -0.2) is 17.3 Å². The minimum absolute atomic E-state index is 0.305. The maximum absolute atomic E-state index is 9.46. The molecule has 0 spiro atoms. The van der Waals surface area contributed by atoms with E-state index in [0.717, 1.165) is 34.9 Å². The molecule has 0 amide bonds. The summed E-state index contributed by atoms with van der Waals surface area (Å²) >= 11 is 13.8. The van der Waals surface area contributed by atoms with Crippen LogP contribution in [0, 0.1) is 11.3 Å². The van der Waals surface area contributed by atoms with Gasteiger partial charge < -0.3 is 0 Å². The van der Waals surface area contributed by atoms with E-state index in [9.17, 15) is 5.26 Å². The molecule has 1 rings (SSSR count). The molecular formula is C16H22Cl2N2S. The first-order valence-corrected chi connectivity index (χ1v) is 8.93. The topological polar surface area (TPSA) is 35.8 Å². The van der Waals surface area contributed by atoms with Crippen LogP contribution in [0.4, 0.5) is 0 Å². The van der Waals surface area contributed by atoms with Crippen molar-refractivity contribution in [3.63, 3.8) is 0 Å². The summed E-state index contributed by atoms with van der Waals surface area (Å²) in [4.78, 5) is 1.00. The Morgan fingerprint density at radius 3 is 2.67 bits per heavy atom. The monoisotopic (exact) mass is 344 g/mol. The Kier molecular flexibility index (Phi) is 7.90. The number of nitrogens with zero attached hydrogens (tertiary/aromatic N) is 1. The molecule has 0 aromatic heterocycles. The maximum atomic E-state index is 9.46. The van der Waals surface area contributed by atoms with Gasteiger partial charge in [0.05, 0.1) is 11.1 Å². The van der Waals surface area contributed by atoms with Crippen LogP contribution in [0.1, 0.15) is 40.0 Å². The number of hydrogen-bond acceptors (Lipinski definition) is 3. The lowest BCUT2D eigenvalue weighted by atomic mass is 9.91. The van der Waals surface area contributed by atoms with Gasteiger partial charge in [-0.3, -0.25) is 5.32 Å². The summed E-state index contributed by atoms with van der Waals surface area (Å²) in [6, 6.07) is 8.25. The van der Waals surface area contributed by atoms with Crippen molar-refractivity contribution in [2.45, 2.75) is 56.5 Å². The first-order chi connectivity index (χ1) is 9.92. The third kappa shape index (κ3) is 6.08. The van der Waals surface area contributed by atoms with Gasteiger partial charge in [0.15, 0.2) is 0 Å². The van der Waals surface area contributed by atoms with Crippen molar-refractivity contribution in [2.24, 2.45) is 0 Å². The minimum atomic E-state index is -0.424. The first-order valence-electron chi connectivity index (χ1n) is 7.19. The van der Waals surface area contributed by atoms with E-state index in [-0.39, 0.29) is 0 Å². The molecule has 0 heterocycles. The summed E-state index contributed by atoms with van der Waals surface area (Å²) in [5.74, 6) is 0.920. The predicted octanol–water partition coefficient (Wildman–Crippen LogP) is 5.54. The maximum Gasteiger partial charge on any atom is 0.106 e. The molecule has 0 aliphatic carbocycles. The molecule has 1 aromatic rings. The molecule has 0 radical (unpaired) electrons. The molecule has 0 aliphatic heterocycles. The normalized spacial score (nSPS) is 14.0. The Morgan fingerprint density at radius 2 is 2.10 bits per heavy atom. The molecule has 21 heavy (non-hydrogen) atoms. The van der Waals surface area contributed by atoms with Crippen molar-refractivity contribution in [3.05, 3.63) is 28.2 Å². The van der Waals surface area contributed by atoms with Gasteiger partial charge in [-0.05, 0) is 57.1 Å². The molecule has 116 valence electrons. The number of nitriles is 1. The molecule has 0 aliphatic rings. The van der Waals surface area contributed by atoms with Crippen molar-refractivity contribution in [3.8, 4) is 6.07 Å². The third-order valence-electron chi connectivity index (χ3n) is 3.28. The SMILES string of the molecule is CCC(C#N)(CCCSc1cc(Cl)ccc1Cl)NC(C)C. The van der Waals surface area contributed by atoms with Gasteiger partial charge in [0.2, 0.25) is 0 Å². The zero-order valence-corrected chi connectivity index (χ0v) is 15.1. The van der Waals surface area contributed by atoms with Gasteiger partial charge in [-0.2, -0.15) is 5.26 Å². The van der Waals surface area contributed by atoms with Gasteiger partial charge in [0, 0.05) is 16.0 Å². The van der Waals surface area contributed by atoms with Crippen molar-refractivity contribution in [1.82, 2.24) is 5.32 Å². The number of hydrogen-bond donors (Lipinski definition) is 1. The standard InChI is InChI=1S/C16H22Cl2N2S/c1-4-16(11-19,20-12(2)3)8-5-9-21-15-10-13(17)6-7-14(15)18/h6-7,10,12,20H,4-5,8-9H2,1-3H3. The Hall–Kier alpha value is -0.400. The van der Waals surface area contributed by atoms with Crippen molar-refractivity contribution < 1.29 is 0 Å². The molecule has 1 unspecified atom stereocenters. The highest BCUT2D eigenvalue weighted by Crippen LogP contribution is 2.31. The van der Waals surface area contributed by atoms with E-state index in [1.165, 1.54) is 0 Å². The quantitative estimate of drug-likeness (QED) is 0.497. The van der Waals surface area contributed by atoms with Crippen LogP contribution in [0.3, 0.4) is 0 Å². The highest BCUT2D eigenvalue weighted by molar-refractivity contribution is 7.99. The molecular weight excluding hydrogens is 323 g/mol. The molecule has 5 heteroatoms. The number of halogens is 2. The number of thioether (sulfide) groups is 1. The van der Waals surface area contributed by atoms with Crippen LogP contribution in [0.15, 0.2) is 23.1 Å². The van der Waals surface area contributed by atoms with E-state index in [4.69, 9.17) is 23.2 Å². The van der Waals surface area contributed by atoms with E-state index in [2.05, 4.69) is 32.2 Å². The van der Waals surface area contributed by atoms with Gasteiger partial charge in [0.25, 0.3) is 0 Å². The Bertz CT molecular complexity index is 500. The van der Waals surface area contributed by atoms with Crippen LogP contribution < -0.4 is 5.32 Å². The first kappa shape index (κ1) is 18.6.